The summed E-state index contributed by atoms with van der Waals surface area (Å²) in [6.07, 6.45) is -1.10. The summed E-state index contributed by atoms with van der Waals surface area (Å²) in [5.41, 5.74) is 0.826. The van der Waals surface area contributed by atoms with Crippen LogP contribution in [-0.2, 0) is 20.7 Å². The second-order valence-corrected chi connectivity index (χ2v) is 4.08. The third-order valence-electron chi connectivity index (χ3n) is 2.43. The summed E-state index contributed by atoms with van der Waals surface area (Å²) in [6, 6.07) is 4.64. The first kappa shape index (κ1) is 14.5. The fraction of sp³-hybridized carbons (Fsp3) is 0.333. The van der Waals surface area contributed by atoms with E-state index in [0.717, 1.165) is 0 Å². The lowest BCUT2D eigenvalue weighted by molar-refractivity contribution is -0.147. The smallest absolute Gasteiger partial charge is 0.337 e. The van der Waals surface area contributed by atoms with Gasteiger partial charge in [-0.05, 0) is 18.1 Å². The van der Waals surface area contributed by atoms with Crippen molar-refractivity contribution >= 4 is 23.5 Å². The van der Waals surface area contributed by atoms with E-state index in [1.165, 1.54) is 19.2 Å². The monoisotopic (exact) mass is 272 g/mol. The number of aryl methyl sites for hydroxylation is 1. The molecule has 0 radical (unpaired) electrons. The predicted octanol–water partition coefficient (Wildman–Crippen LogP) is 1.56. The van der Waals surface area contributed by atoms with Gasteiger partial charge in [0.25, 0.3) is 0 Å². The van der Waals surface area contributed by atoms with E-state index in [1.807, 2.05) is 0 Å². The number of halogens is 1. The van der Waals surface area contributed by atoms with Crippen molar-refractivity contribution in [1.29, 1.82) is 0 Å². The summed E-state index contributed by atoms with van der Waals surface area (Å²) in [4.78, 5) is 21.7. The number of rotatable bonds is 5. The van der Waals surface area contributed by atoms with Crippen LogP contribution >= 0.6 is 11.6 Å². The van der Waals surface area contributed by atoms with Crippen LogP contribution in [0.1, 0.15) is 23.7 Å². The molecule has 18 heavy (non-hydrogen) atoms. The lowest BCUT2D eigenvalue weighted by Gasteiger charge is -2.10. The van der Waals surface area contributed by atoms with E-state index in [4.69, 9.17) is 16.7 Å². The molecular formula is C12H13ClO5. The first-order chi connectivity index (χ1) is 8.45. The first-order valence-corrected chi connectivity index (χ1v) is 5.59. The maximum Gasteiger partial charge on any atom is 0.337 e. The Morgan fingerprint density at radius 3 is 2.67 bits per heavy atom. The van der Waals surface area contributed by atoms with Gasteiger partial charge in [0.05, 0.1) is 7.11 Å². The zero-order valence-corrected chi connectivity index (χ0v) is 10.5. The Morgan fingerprint density at radius 1 is 1.44 bits per heavy atom. The summed E-state index contributed by atoms with van der Waals surface area (Å²) in [6.45, 7) is 0. The van der Waals surface area contributed by atoms with E-state index in [1.54, 1.807) is 6.07 Å². The number of carbonyl (C=O) groups excluding carboxylic acids is 1. The average molecular weight is 273 g/mol. The van der Waals surface area contributed by atoms with Gasteiger partial charge in [-0.25, -0.2) is 4.79 Å². The van der Waals surface area contributed by atoms with Crippen LogP contribution in [0.3, 0.4) is 0 Å². The summed E-state index contributed by atoms with van der Waals surface area (Å²) < 4.78 is 4.50. The quantitative estimate of drug-likeness (QED) is 0.795. The van der Waals surface area contributed by atoms with Crippen molar-refractivity contribution in [3.8, 4) is 0 Å². The number of ether oxygens (including phenoxy) is 1. The van der Waals surface area contributed by atoms with E-state index in [0.29, 0.717) is 12.0 Å². The van der Waals surface area contributed by atoms with Crippen molar-refractivity contribution in [2.45, 2.75) is 18.9 Å². The van der Waals surface area contributed by atoms with Crippen LogP contribution < -0.4 is 0 Å². The average Bonchev–Trinajstić information content (AvgIpc) is 2.36. The van der Waals surface area contributed by atoms with Gasteiger partial charge < -0.3 is 14.9 Å². The van der Waals surface area contributed by atoms with Crippen LogP contribution in [0, 0.1) is 0 Å². The molecule has 2 N–H and O–H groups in total. The van der Waals surface area contributed by atoms with Crippen molar-refractivity contribution in [2.24, 2.45) is 0 Å². The predicted molar refractivity (Wildman–Crippen MR) is 64.4 cm³/mol. The fourth-order valence-corrected chi connectivity index (χ4v) is 1.66. The third-order valence-corrected chi connectivity index (χ3v) is 2.78. The van der Waals surface area contributed by atoms with Crippen molar-refractivity contribution in [2.75, 3.05) is 7.11 Å². The normalized spacial score (nSPS) is 11.9. The molecule has 98 valence electrons. The molecule has 6 heteroatoms. The van der Waals surface area contributed by atoms with E-state index in [2.05, 4.69) is 4.74 Å². The van der Waals surface area contributed by atoms with Gasteiger partial charge in [0.15, 0.2) is 6.10 Å². The lowest BCUT2D eigenvalue weighted by Crippen LogP contribution is -2.11. The Kier molecular flexibility index (Phi) is 5.12. The third kappa shape index (κ3) is 3.72. The standard InChI is InChI=1S/C12H13ClO5/c1-18-10(14)5-3-7-2-4-9(13)8(6-7)11(15)12(16)17/h2,4,6,11,15H,3,5H2,1H3,(H,16,17). The molecule has 0 aliphatic rings. The lowest BCUT2D eigenvalue weighted by atomic mass is 10.0. The molecule has 0 fully saturated rings. The topological polar surface area (TPSA) is 83.8 Å². The number of esters is 1. The summed E-state index contributed by atoms with van der Waals surface area (Å²) in [7, 11) is 1.30. The molecular weight excluding hydrogens is 260 g/mol. The molecule has 0 bridgehead atoms. The number of aliphatic hydroxyl groups is 1. The van der Waals surface area contributed by atoms with E-state index < -0.39 is 12.1 Å². The van der Waals surface area contributed by atoms with Crippen LogP contribution in [0.5, 0.6) is 0 Å². The maximum absolute atomic E-state index is 11.0. The molecule has 1 unspecified atom stereocenters. The second kappa shape index (κ2) is 6.37. The van der Waals surface area contributed by atoms with Crippen LogP contribution in [0.25, 0.3) is 0 Å². The van der Waals surface area contributed by atoms with Gasteiger partial charge in [-0.1, -0.05) is 23.7 Å². The Balaban J connectivity index is 2.87. The Hall–Kier alpha value is -1.59. The molecule has 0 saturated heterocycles. The first-order valence-electron chi connectivity index (χ1n) is 5.21. The largest absolute Gasteiger partial charge is 0.479 e. The molecule has 0 aliphatic heterocycles. The highest BCUT2D eigenvalue weighted by Crippen LogP contribution is 2.25. The van der Waals surface area contributed by atoms with Crippen LogP contribution in [0.4, 0.5) is 0 Å². The van der Waals surface area contributed by atoms with Crippen molar-refractivity contribution in [3.05, 3.63) is 34.3 Å². The molecule has 1 atom stereocenters. The minimum absolute atomic E-state index is 0.117. The summed E-state index contributed by atoms with van der Waals surface area (Å²) in [5.74, 6) is -1.73. The van der Waals surface area contributed by atoms with E-state index in [9.17, 15) is 14.7 Å². The van der Waals surface area contributed by atoms with E-state index >= 15 is 0 Å². The van der Waals surface area contributed by atoms with Crippen molar-refractivity contribution < 1.29 is 24.5 Å². The van der Waals surface area contributed by atoms with Crippen molar-refractivity contribution in [1.82, 2.24) is 0 Å². The molecule has 5 nitrogen and oxygen atoms in total. The SMILES string of the molecule is COC(=O)CCc1ccc(Cl)c(C(O)C(=O)O)c1. The van der Waals surface area contributed by atoms with Crippen LogP contribution in [0.15, 0.2) is 18.2 Å². The van der Waals surface area contributed by atoms with Gasteiger partial charge in [0.1, 0.15) is 0 Å². The number of aliphatic hydroxyl groups excluding tert-OH is 1. The van der Waals surface area contributed by atoms with Gasteiger partial charge in [0.2, 0.25) is 0 Å². The fourth-order valence-electron chi connectivity index (χ4n) is 1.44. The Morgan fingerprint density at radius 2 is 2.11 bits per heavy atom. The van der Waals surface area contributed by atoms with Gasteiger partial charge in [-0.2, -0.15) is 0 Å². The van der Waals surface area contributed by atoms with Gasteiger partial charge in [-0.15, -0.1) is 0 Å². The molecule has 1 aromatic rings. The molecule has 0 spiro atoms. The van der Waals surface area contributed by atoms with Gasteiger partial charge >= 0.3 is 11.9 Å². The Labute approximate surface area is 109 Å². The summed E-state index contributed by atoms with van der Waals surface area (Å²) >= 11 is 5.81. The molecule has 1 aromatic carbocycles. The molecule has 0 amide bonds. The zero-order valence-electron chi connectivity index (χ0n) is 9.72. The van der Waals surface area contributed by atoms with Gasteiger partial charge in [0, 0.05) is 17.0 Å². The zero-order chi connectivity index (χ0) is 13.7. The number of carboxylic acid groups (broad SMARTS) is 1. The summed E-state index contributed by atoms with van der Waals surface area (Å²) in [5, 5.41) is 18.3. The highest BCUT2D eigenvalue weighted by Gasteiger charge is 2.19. The number of aliphatic carboxylic acids is 1. The Bertz CT molecular complexity index is 458. The molecule has 0 saturated carbocycles. The van der Waals surface area contributed by atoms with Gasteiger partial charge in [-0.3, -0.25) is 4.79 Å². The number of methoxy groups -OCH3 is 1. The number of carboxylic acids is 1. The number of benzene rings is 1. The molecule has 1 rings (SSSR count). The minimum atomic E-state index is -1.67. The number of hydrogen-bond acceptors (Lipinski definition) is 4. The minimum Gasteiger partial charge on any atom is -0.479 e. The second-order valence-electron chi connectivity index (χ2n) is 3.67. The van der Waals surface area contributed by atoms with Crippen LogP contribution in [0.2, 0.25) is 5.02 Å². The van der Waals surface area contributed by atoms with Crippen molar-refractivity contribution in [3.63, 3.8) is 0 Å². The highest BCUT2D eigenvalue weighted by molar-refractivity contribution is 6.31. The van der Waals surface area contributed by atoms with E-state index in [-0.39, 0.29) is 23.0 Å². The maximum atomic E-state index is 11.0. The van der Waals surface area contributed by atoms with Crippen LogP contribution in [-0.4, -0.2) is 29.3 Å². The molecule has 0 aliphatic carbocycles. The highest BCUT2D eigenvalue weighted by atomic mass is 35.5. The molecule has 0 aromatic heterocycles. The number of hydrogen-bond donors (Lipinski definition) is 2. The molecule has 0 heterocycles. The number of carbonyl (C=O) groups is 2.